The van der Waals surface area contributed by atoms with Crippen LogP contribution in [-0.2, 0) is 54.9 Å². The smallest absolute Gasteiger partial charge is 0.308 e. The third kappa shape index (κ3) is 10.7. The number of hydrogen-bond acceptors (Lipinski definition) is 9. The fourth-order valence-electron chi connectivity index (χ4n) is 6.09. The van der Waals surface area contributed by atoms with Crippen LogP contribution in [0.3, 0.4) is 0 Å². The molecule has 5 aromatic carbocycles. The van der Waals surface area contributed by atoms with Gasteiger partial charge in [-0.3, -0.25) is 14.9 Å². The highest BCUT2D eigenvalue weighted by atomic mass is 16.6. The molecule has 0 aliphatic carbocycles. The van der Waals surface area contributed by atoms with Crippen molar-refractivity contribution in [2.24, 2.45) is 0 Å². The summed E-state index contributed by atoms with van der Waals surface area (Å²) in [4.78, 5) is 23.5. The lowest BCUT2D eigenvalue weighted by Crippen LogP contribution is -2.60. The van der Waals surface area contributed by atoms with Gasteiger partial charge in [0.2, 0.25) is 0 Å². The van der Waals surface area contributed by atoms with Crippen LogP contribution in [0, 0.1) is 22.0 Å². The van der Waals surface area contributed by atoms with Gasteiger partial charge in [0, 0.05) is 13.0 Å². The standard InChI is InChI=1S/C44H41NO9/c1-32(46)53-39-24-14-23-38(45(47)48)37(39)25-26-40-42(50-28-34-17-8-3-9-18-34)44(52-30-36-21-12-5-13-22-36)43(51-29-35-19-10-4-11-20-35)41(54-40)31-49-27-33-15-6-2-7-16-33/h2-24,40-44H,27-31H2,1H3/t40-,41+,42-,43+,44+/m0/s1. The van der Waals surface area contributed by atoms with E-state index < -0.39 is 41.4 Å². The number of hydrogen-bond donors (Lipinski definition) is 0. The van der Waals surface area contributed by atoms with Crippen molar-refractivity contribution < 1.29 is 38.1 Å². The summed E-state index contributed by atoms with van der Waals surface area (Å²) in [5, 5.41) is 12.1. The predicted octanol–water partition coefficient (Wildman–Crippen LogP) is 7.61. The van der Waals surface area contributed by atoms with Crippen molar-refractivity contribution in [3.05, 3.63) is 177 Å². The van der Waals surface area contributed by atoms with Gasteiger partial charge in [0.25, 0.3) is 5.69 Å². The number of carbonyl (C=O) groups excluding carboxylic acids is 1. The van der Waals surface area contributed by atoms with Crippen molar-refractivity contribution in [1.82, 2.24) is 0 Å². The van der Waals surface area contributed by atoms with Crippen LogP contribution in [0.4, 0.5) is 5.69 Å². The van der Waals surface area contributed by atoms with Crippen LogP contribution in [0.1, 0.15) is 34.7 Å². The molecule has 6 rings (SSSR count). The predicted molar refractivity (Wildman–Crippen MR) is 201 cm³/mol. The molecule has 0 N–H and O–H groups in total. The van der Waals surface area contributed by atoms with E-state index in [2.05, 4.69) is 11.8 Å². The zero-order chi connectivity index (χ0) is 37.5. The SMILES string of the molecule is CC(=O)Oc1cccc([N+](=O)[O-])c1C#C[C@@H]1O[C@H](COCc2ccccc2)[C@@H](OCc2ccccc2)[C@H](OCc2ccccc2)[C@H]1OCc1ccccc1. The maximum absolute atomic E-state index is 12.1. The molecule has 1 fully saturated rings. The summed E-state index contributed by atoms with van der Waals surface area (Å²) in [6.07, 6.45) is -3.96. The van der Waals surface area contributed by atoms with E-state index in [-0.39, 0.29) is 43.4 Å². The Morgan fingerprint density at radius 1 is 0.648 bits per heavy atom. The molecule has 0 radical (unpaired) electrons. The van der Waals surface area contributed by atoms with Crippen LogP contribution < -0.4 is 4.74 Å². The van der Waals surface area contributed by atoms with E-state index in [4.69, 9.17) is 28.4 Å². The van der Waals surface area contributed by atoms with E-state index in [0.717, 1.165) is 22.3 Å². The fraction of sp³-hybridized carbons (Fsp3) is 0.250. The van der Waals surface area contributed by atoms with E-state index in [1.54, 1.807) is 0 Å². The average Bonchev–Trinajstić information content (AvgIpc) is 3.19. The molecule has 0 amide bonds. The number of nitrogens with zero attached hydrogens (tertiary/aromatic N) is 1. The van der Waals surface area contributed by atoms with E-state index in [1.165, 1.54) is 25.1 Å². The Kier molecular flexibility index (Phi) is 13.7. The summed E-state index contributed by atoms with van der Waals surface area (Å²) in [5.41, 5.74) is 3.42. The van der Waals surface area contributed by atoms with Gasteiger partial charge in [-0.25, -0.2) is 0 Å². The number of nitro groups is 1. The summed E-state index contributed by atoms with van der Waals surface area (Å²) in [6, 6.07) is 43.2. The Labute approximate surface area is 314 Å². The van der Waals surface area contributed by atoms with E-state index >= 15 is 0 Å². The van der Waals surface area contributed by atoms with Gasteiger partial charge in [-0.2, -0.15) is 0 Å². The highest BCUT2D eigenvalue weighted by molar-refractivity contribution is 5.72. The van der Waals surface area contributed by atoms with E-state index in [0.29, 0.717) is 6.61 Å². The Bertz CT molecular complexity index is 2000. The Morgan fingerprint density at radius 3 is 1.63 bits per heavy atom. The zero-order valence-electron chi connectivity index (χ0n) is 29.8. The number of benzene rings is 5. The van der Waals surface area contributed by atoms with Crippen molar-refractivity contribution in [2.75, 3.05) is 6.61 Å². The second kappa shape index (κ2) is 19.4. The lowest BCUT2D eigenvalue weighted by atomic mass is 9.93. The van der Waals surface area contributed by atoms with E-state index in [1.807, 2.05) is 121 Å². The van der Waals surface area contributed by atoms with Crippen molar-refractivity contribution >= 4 is 11.7 Å². The van der Waals surface area contributed by atoms with Crippen LogP contribution in [0.25, 0.3) is 0 Å². The third-order valence-corrected chi connectivity index (χ3v) is 8.68. The monoisotopic (exact) mass is 727 g/mol. The van der Waals surface area contributed by atoms with Gasteiger partial charge in [0.15, 0.2) is 5.75 Å². The molecule has 5 aromatic rings. The Balaban J connectivity index is 1.40. The number of nitro benzene ring substituents is 1. The Morgan fingerprint density at radius 2 is 1.13 bits per heavy atom. The molecule has 10 heteroatoms. The summed E-state index contributed by atoms with van der Waals surface area (Å²) >= 11 is 0. The van der Waals surface area contributed by atoms with Gasteiger partial charge in [-0.1, -0.05) is 139 Å². The fourth-order valence-corrected chi connectivity index (χ4v) is 6.09. The van der Waals surface area contributed by atoms with Crippen LogP contribution in [0.15, 0.2) is 140 Å². The second-order valence-electron chi connectivity index (χ2n) is 12.6. The number of esters is 1. The first-order chi connectivity index (χ1) is 26.4. The number of ether oxygens (including phenoxy) is 6. The summed E-state index contributed by atoms with van der Waals surface area (Å²) in [5.74, 6) is 5.36. The molecule has 0 aromatic heterocycles. The first-order valence-electron chi connectivity index (χ1n) is 17.7. The maximum atomic E-state index is 12.1. The normalized spacial score (nSPS) is 19.3. The van der Waals surface area contributed by atoms with Crippen molar-refractivity contribution in [2.45, 2.75) is 63.9 Å². The van der Waals surface area contributed by atoms with Crippen LogP contribution in [0.5, 0.6) is 5.75 Å². The maximum Gasteiger partial charge on any atom is 0.308 e. The first kappa shape index (κ1) is 38.1. The molecule has 276 valence electrons. The van der Waals surface area contributed by atoms with Crippen molar-refractivity contribution in [1.29, 1.82) is 0 Å². The molecule has 1 saturated heterocycles. The number of carbonyl (C=O) groups is 1. The molecule has 0 spiro atoms. The van der Waals surface area contributed by atoms with Crippen LogP contribution in [0.2, 0.25) is 0 Å². The minimum absolute atomic E-state index is 0.0366. The minimum atomic E-state index is -0.985. The summed E-state index contributed by atoms with van der Waals surface area (Å²) < 4.78 is 38.4. The Hall–Kier alpha value is -5.67. The summed E-state index contributed by atoms with van der Waals surface area (Å²) in [6.45, 7) is 2.36. The van der Waals surface area contributed by atoms with Crippen molar-refractivity contribution in [3.63, 3.8) is 0 Å². The lowest BCUT2D eigenvalue weighted by molar-refractivity contribution is -0.385. The summed E-state index contributed by atoms with van der Waals surface area (Å²) in [7, 11) is 0. The highest BCUT2D eigenvalue weighted by Crippen LogP contribution is 2.32. The van der Waals surface area contributed by atoms with E-state index in [9.17, 15) is 14.9 Å². The molecule has 1 aliphatic rings. The first-order valence-corrected chi connectivity index (χ1v) is 17.7. The van der Waals surface area contributed by atoms with Crippen LogP contribution >= 0.6 is 0 Å². The quantitative estimate of drug-likeness (QED) is 0.0353. The largest absolute Gasteiger partial charge is 0.425 e. The molecule has 1 aliphatic heterocycles. The molecule has 0 unspecified atom stereocenters. The van der Waals surface area contributed by atoms with Gasteiger partial charge in [0.05, 0.1) is 38.0 Å². The molecular weight excluding hydrogens is 686 g/mol. The van der Waals surface area contributed by atoms with Gasteiger partial charge in [0.1, 0.15) is 36.1 Å². The second-order valence-corrected chi connectivity index (χ2v) is 12.6. The molecule has 0 bridgehead atoms. The van der Waals surface area contributed by atoms with Gasteiger partial charge in [-0.05, 0) is 28.3 Å². The third-order valence-electron chi connectivity index (χ3n) is 8.68. The lowest BCUT2D eigenvalue weighted by Gasteiger charge is -2.45. The molecule has 0 saturated carbocycles. The van der Waals surface area contributed by atoms with Gasteiger partial charge >= 0.3 is 5.97 Å². The van der Waals surface area contributed by atoms with Crippen LogP contribution in [-0.4, -0.2) is 48.0 Å². The topological polar surface area (TPSA) is 116 Å². The molecule has 5 atom stereocenters. The molecule has 1 heterocycles. The number of rotatable bonds is 15. The average molecular weight is 728 g/mol. The molecule has 10 nitrogen and oxygen atoms in total. The minimum Gasteiger partial charge on any atom is -0.425 e. The van der Waals surface area contributed by atoms with Gasteiger partial charge < -0.3 is 28.4 Å². The van der Waals surface area contributed by atoms with Crippen molar-refractivity contribution in [3.8, 4) is 17.6 Å². The zero-order valence-corrected chi connectivity index (χ0v) is 29.8. The van der Waals surface area contributed by atoms with Gasteiger partial charge in [-0.15, -0.1) is 0 Å². The molecular formula is C44H41NO9. The highest BCUT2D eigenvalue weighted by Gasteiger charge is 2.48. The molecule has 54 heavy (non-hydrogen) atoms.